The number of nitrogens with zero attached hydrogens (tertiary/aromatic N) is 2. The molecule has 0 radical (unpaired) electrons. The predicted molar refractivity (Wildman–Crippen MR) is 99.5 cm³/mol. The van der Waals surface area contributed by atoms with Gasteiger partial charge in [0, 0.05) is 0 Å². The summed E-state index contributed by atoms with van der Waals surface area (Å²) in [4.78, 5) is 0. The minimum atomic E-state index is -4.39. The summed E-state index contributed by atoms with van der Waals surface area (Å²) in [5.74, 6) is 0. The zero-order chi connectivity index (χ0) is 19.8. The Labute approximate surface area is 153 Å². The van der Waals surface area contributed by atoms with E-state index in [1.807, 2.05) is 12.1 Å². The minimum absolute atomic E-state index is 0.0677. The second kappa shape index (κ2) is 6.86. The van der Waals surface area contributed by atoms with E-state index in [0.717, 1.165) is 23.3 Å². The lowest BCUT2D eigenvalue weighted by Crippen LogP contribution is -2.16. The Morgan fingerprint density at radius 2 is 1.08 bits per heavy atom. The molecule has 0 saturated carbocycles. The molecule has 2 nitrogen and oxygen atoms in total. The van der Waals surface area contributed by atoms with Crippen LogP contribution in [-0.2, 0) is 17.0 Å². The fraction of sp³-hybridized carbons (Fsp3) is 0.429. The molecule has 2 aromatic carbocycles. The number of halogens is 3. The summed E-state index contributed by atoms with van der Waals surface area (Å²) < 4.78 is 38.5. The summed E-state index contributed by atoms with van der Waals surface area (Å²) in [6, 6.07) is 10.9. The largest absolute Gasteiger partial charge is 0.416 e. The number of hydrogen-bond donors (Lipinski definition) is 0. The van der Waals surface area contributed by atoms with Gasteiger partial charge in [0.05, 0.1) is 16.9 Å². The topological polar surface area (TPSA) is 24.7 Å². The number of benzene rings is 2. The zero-order valence-electron chi connectivity index (χ0n) is 16.1. The monoisotopic (exact) mass is 362 g/mol. The van der Waals surface area contributed by atoms with Crippen molar-refractivity contribution in [1.82, 2.24) is 0 Å². The van der Waals surface area contributed by atoms with Crippen LogP contribution in [0.4, 0.5) is 24.5 Å². The third-order valence-corrected chi connectivity index (χ3v) is 4.10. The van der Waals surface area contributed by atoms with Crippen molar-refractivity contribution in [3.05, 3.63) is 59.2 Å². The van der Waals surface area contributed by atoms with Gasteiger partial charge in [0.25, 0.3) is 0 Å². The lowest BCUT2D eigenvalue weighted by atomic mass is 9.80. The molecule has 0 heterocycles. The van der Waals surface area contributed by atoms with Crippen LogP contribution in [0.15, 0.2) is 52.7 Å². The van der Waals surface area contributed by atoms with Crippen LogP contribution in [0, 0.1) is 0 Å². The molecule has 0 aliphatic heterocycles. The summed E-state index contributed by atoms with van der Waals surface area (Å²) in [5.41, 5.74) is 2.18. The number of hydrogen-bond acceptors (Lipinski definition) is 2. The Hall–Kier alpha value is -2.17. The van der Waals surface area contributed by atoms with Gasteiger partial charge >= 0.3 is 6.18 Å². The van der Waals surface area contributed by atoms with E-state index in [0.29, 0.717) is 5.69 Å². The van der Waals surface area contributed by atoms with Crippen molar-refractivity contribution >= 4 is 11.4 Å². The summed E-state index contributed by atoms with van der Waals surface area (Å²) >= 11 is 0. The maximum Gasteiger partial charge on any atom is 0.416 e. The number of azo groups is 1. The smallest absolute Gasteiger partial charge is 0.166 e. The van der Waals surface area contributed by atoms with Crippen molar-refractivity contribution in [2.75, 3.05) is 0 Å². The number of alkyl halides is 3. The second-order valence-electron chi connectivity index (χ2n) is 8.52. The van der Waals surface area contributed by atoms with Crippen LogP contribution in [0.2, 0.25) is 0 Å². The third-order valence-electron chi connectivity index (χ3n) is 4.10. The quantitative estimate of drug-likeness (QED) is 0.489. The Bertz CT molecular complexity index is 775. The van der Waals surface area contributed by atoms with Crippen LogP contribution in [0.5, 0.6) is 0 Å². The number of rotatable bonds is 2. The standard InChI is InChI=1S/C21H25F3N2/c1-19(2,3)15-10-16(20(4,5)6)13-18(12-15)26-25-17-9-7-8-14(11-17)21(22,23)24/h7-13H,1-6H3. The summed E-state index contributed by atoms with van der Waals surface area (Å²) in [5, 5.41) is 8.23. The average Bonchev–Trinajstić information content (AvgIpc) is 2.50. The summed E-state index contributed by atoms with van der Waals surface area (Å²) in [7, 11) is 0. The molecule has 0 atom stereocenters. The highest BCUT2D eigenvalue weighted by molar-refractivity contribution is 5.49. The lowest BCUT2D eigenvalue weighted by Gasteiger charge is -2.25. The third kappa shape index (κ3) is 5.16. The fourth-order valence-corrected chi connectivity index (χ4v) is 2.39. The first-order valence-corrected chi connectivity index (χ1v) is 8.52. The van der Waals surface area contributed by atoms with Crippen LogP contribution in [-0.4, -0.2) is 0 Å². The van der Waals surface area contributed by atoms with Crippen molar-refractivity contribution in [2.45, 2.75) is 58.5 Å². The van der Waals surface area contributed by atoms with Crippen molar-refractivity contribution < 1.29 is 13.2 Å². The molecule has 0 amide bonds. The van der Waals surface area contributed by atoms with Gasteiger partial charge in [0.1, 0.15) is 0 Å². The molecule has 0 unspecified atom stereocenters. The van der Waals surface area contributed by atoms with Crippen molar-refractivity contribution in [2.24, 2.45) is 10.2 Å². The van der Waals surface area contributed by atoms with Gasteiger partial charge in [-0.05, 0) is 52.3 Å². The van der Waals surface area contributed by atoms with E-state index < -0.39 is 11.7 Å². The van der Waals surface area contributed by atoms with Gasteiger partial charge in [-0.3, -0.25) is 0 Å². The normalized spacial score (nSPS) is 13.4. The molecular weight excluding hydrogens is 337 g/mol. The maximum atomic E-state index is 12.8. The molecular formula is C21H25F3N2. The van der Waals surface area contributed by atoms with Crippen LogP contribution in [0.25, 0.3) is 0 Å². The Morgan fingerprint density at radius 1 is 0.615 bits per heavy atom. The predicted octanol–water partition coefficient (Wildman–Crippen LogP) is 7.72. The molecule has 26 heavy (non-hydrogen) atoms. The lowest BCUT2D eigenvalue weighted by molar-refractivity contribution is -0.137. The molecule has 0 aliphatic rings. The highest BCUT2D eigenvalue weighted by Gasteiger charge is 2.30. The molecule has 5 heteroatoms. The Morgan fingerprint density at radius 3 is 1.54 bits per heavy atom. The molecule has 0 N–H and O–H groups in total. The van der Waals surface area contributed by atoms with E-state index in [1.54, 1.807) is 0 Å². The molecule has 0 aromatic heterocycles. The van der Waals surface area contributed by atoms with Gasteiger partial charge in [0.15, 0.2) is 0 Å². The van der Waals surface area contributed by atoms with Gasteiger partial charge in [-0.15, -0.1) is 0 Å². The van der Waals surface area contributed by atoms with Crippen LogP contribution >= 0.6 is 0 Å². The minimum Gasteiger partial charge on any atom is -0.166 e. The fourth-order valence-electron chi connectivity index (χ4n) is 2.39. The van der Waals surface area contributed by atoms with E-state index in [-0.39, 0.29) is 16.5 Å². The van der Waals surface area contributed by atoms with Gasteiger partial charge in [-0.1, -0.05) is 53.7 Å². The van der Waals surface area contributed by atoms with Crippen molar-refractivity contribution in [3.8, 4) is 0 Å². The molecule has 0 saturated heterocycles. The SMILES string of the molecule is CC(C)(C)c1cc(N=Nc2cccc(C(F)(F)F)c2)cc(C(C)(C)C)c1. The molecule has 0 spiro atoms. The zero-order valence-corrected chi connectivity index (χ0v) is 16.1. The molecule has 0 bridgehead atoms. The van der Waals surface area contributed by atoms with E-state index >= 15 is 0 Å². The molecule has 0 fully saturated rings. The van der Waals surface area contributed by atoms with Crippen molar-refractivity contribution in [3.63, 3.8) is 0 Å². The van der Waals surface area contributed by atoms with E-state index in [2.05, 4.69) is 57.8 Å². The van der Waals surface area contributed by atoms with Crippen LogP contribution in [0.1, 0.15) is 58.2 Å². The van der Waals surface area contributed by atoms with Crippen molar-refractivity contribution in [1.29, 1.82) is 0 Å². The maximum absolute atomic E-state index is 12.8. The molecule has 2 aromatic rings. The van der Waals surface area contributed by atoms with Gasteiger partial charge in [-0.25, -0.2) is 0 Å². The van der Waals surface area contributed by atoms with Gasteiger partial charge < -0.3 is 0 Å². The first kappa shape index (κ1) is 20.1. The highest BCUT2D eigenvalue weighted by atomic mass is 19.4. The first-order chi connectivity index (χ1) is 11.8. The first-order valence-electron chi connectivity index (χ1n) is 8.52. The van der Waals surface area contributed by atoms with Gasteiger partial charge in [-0.2, -0.15) is 23.4 Å². The molecule has 2 rings (SSSR count). The second-order valence-corrected chi connectivity index (χ2v) is 8.52. The van der Waals surface area contributed by atoms with Crippen LogP contribution < -0.4 is 0 Å². The molecule has 140 valence electrons. The average molecular weight is 362 g/mol. The molecule has 0 aliphatic carbocycles. The Balaban J connectivity index is 2.44. The van der Waals surface area contributed by atoms with Crippen LogP contribution in [0.3, 0.4) is 0 Å². The van der Waals surface area contributed by atoms with E-state index in [1.165, 1.54) is 12.1 Å². The van der Waals surface area contributed by atoms with E-state index in [4.69, 9.17) is 0 Å². The highest BCUT2D eigenvalue weighted by Crippen LogP contribution is 2.35. The Kier molecular flexibility index (Phi) is 5.31. The van der Waals surface area contributed by atoms with E-state index in [9.17, 15) is 13.2 Å². The van der Waals surface area contributed by atoms with Gasteiger partial charge in [0.2, 0.25) is 0 Å². The summed E-state index contributed by atoms with van der Waals surface area (Å²) in [6.45, 7) is 12.7. The summed E-state index contributed by atoms with van der Waals surface area (Å²) in [6.07, 6.45) is -4.39.